The molecule has 0 aliphatic carbocycles. The van der Waals surface area contributed by atoms with Gasteiger partial charge in [0.05, 0.1) is 6.21 Å². The zero-order chi connectivity index (χ0) is 13.8. The van der Waals surface area contributed by atoms with E-state index in [4.69, 9.17) is 5.73 Å². The van der Waals surface area contributed by atoms with Crippen molar-refractivity contribution >= 4 is 28.8 Å². The average Bonchev–Trinajstić information content (AvgIpc) is 2.41. The van der Waals surface area contributed by atoms with Crippen molar-refractivity contribution < 1.29 is 14.7 Å². The number of hydrazone groups is 1. The second-order valence-electron chi connectivity index (χ2n) is 3.78. The number of nitrogens with one attached hydrogen (secondary N) is 1. The second kappa shape index (κ2) is 5.18. The number of rotatable bonds is 2. The van der Waals surface area contributed by atoms with E-state index in [-0.39, 0.29) is 5.75 Å². The third-order valence-electron chi connectivity index (χ3n) is 2.53. The van der Waals surface area contributed by atoms with Gasteiger partial charge in [-0.3, -0.25) is 9.59 Å². The zero-order valence-electron chi connectivity index (χ0n) is 9.83. The molecule has 0 radical (unpaired) electrons. The van der Waals surface area contributed by atoms with Crippen molar-refractivity contribution in [3.63, 3.8) is 0 Å². The average molecular weight is 257 g/mol. The summed E-state index contributed by atoms with van der Waals surface area (Å²) in [6.07, 6.45) is 1.26. The molecule has 0 fully saturated rings. The summed E-state index contributed by atoms with van der Waals surface area (Å²) in [5, 5.41) is 15.1. The van der Waals surface area contributed by atoms with Gasteiger partial charge in [-0.2, -0.15) is 5.10 Å². The van der Waals surface area contributed by atoms with Crippen molar-refractivity contribution in [2.75, 3.05) is 0 Å². The first-order valence-corrected chi connectivity index (χ1v) is 5.43. The summed E-state index contributed by atoms with van der Waals surface area (Å²) in [7, 11) is 0. The smallest absolute Gasteiger partial charge is 0.329 e. The van der Waals surface area contributed by atoms with Crippen molar-refractivity contribution in [3.8, 4) is 5.75 Å². The number of amides is 2. The maximum atomic E-state index is 10.9. The van der Waals surface area contributed by atoms with Crippen LogP contribution in [0.4, 0.5) is 0 Å². The van der Waals surface area contributed by atoms with Gasteiger partial charge < -0.3 is 10.8 Å². The van der Waals surface area contributed by atoms with Crippen LogP contribution in [0.25, 0.3) is 10.8 Å². The minimum absolute atomic E-state index is 0.0239. The summed E-state index contributed by atoms with van der Waals surface area (Å²) in [5.41, 5.74) is 7.18. The quantitative estimate of drug-likeness (QED) is 0.414. The Bertz CT molecular complexity index is 680. The van der Waals surface area contributed by atoms with E-state index in [0.717, 1.165) is 10.8 Å². The van der Waals surface area contributed by atoms with Crippen LogP contribution in [0.15, 0.2) is 41.5 Å². The highest BCUT2D eigenvalue weighted by molar-refractivity contribution is 6.34. The molecule has 0 aromatic heterocycles. The molecule has 2 rings (SSSR count). The Balaban J connectivity index is 2.34. The third-order valence-corrected chi connectivity index (χ3v) is 2.53. The number of aromatic hydroxyl groups is 1. The number of carbonyl (C=O) groups excluding carboxylic acids is 2. The summed E-state index contributed by atoms with van der Waals surface area (Å²) >= 11 is 0. The van der Waals surface area contributed by atoms with E-state index in [1.54, 1.807) is 6.07 Å². The highest BCUT2D eigenvalue weighted by atomic mass is 16.3. The molecule has 0 saturated carbocycles. The summed E-state index contributed by atoms with van der Waals surface area (Å²) in [4.78, 5) is 21.4. The number of benzene rings is 2. The zero-order valence-corrected chi connectivity index (χ0v) is 9.83. The lowest BCUT2D eigenvalue weighted by atomic mass is 10.0. The predicted molar refractivity (Wildman–Crippen MR) is 70.5 cm³/mol. The summed E-state index contributed by atoms with van der Waals surface area (Å²) in [6, 6.07) is 10.7. The molecule has 2 aromatic rings. The van der Waals surface area contributed by atoms with Crippen LogP contribution in [0.3, 0.4) is 0 Å². The number of phenols is 1. The molecule has 0 atom stereocenters. The fourth-order valence-electron chi connectivity index (χ4n) is 1.63. The lowest BCUT2D eigenvalue weighted by Crippen LogP contribution is -2.32. The van der Waals surface area contributed by atoms with Gasteiger partial charge in [0.15, 0.2) is 0 Å². The second-order valence-corrected chi connectivity index (χ2v) is 3.78. The molecule has 6 heteroatoms. The molecule has 2 aromatic carbocycles. The number of phenolic OH excluding ortho intramolecular Hbond substituents is 1. The fourth-order valence-corrected chi connectivity index (χ4v) is 1.63. The highest BCUT2D eigenvalue weighted by Crippen LogP contribution is 2.25. The van der Waals surface area contributed by atoms with Gasteiger partial charge >= 0.3 is 11.8 Å². The molecule has 0 aliphatic heterocycles. The number of hydrogen-bond acceptors (Lipinski definition) is 4. The van der Waals surface area contributed by atoms with Crippen molar-refractivity contribution in [1.29, 1.82) is 0 Å². The molecule has 19 heavy (non-hydrogen) atoms. The van der Waals surface area contributed by atoms with Crippen LogP contribution in [0.1, 0.15) is 5.56 Å². The number of nitrogens with two attached hydrogens (primary N) is 1. The molecule has 0 heterocycles. The van der Waals surface area contributed by atoms with Crippen molar-refractivity contribution in [2.45, 2.75) is 0 Å². The SMILES string of the molecule is NC(=O)C(=O)N/N=C\c1c(O)ccc2ccccc12. The number of carbonyl (C=O) groups is 2. The van der Waals surface area contributed by atoms with Gasteiger partial charge in [-0.1, -0.05) is 30.3 Å². The number of nitrogens with zero attached hydrogens (tertiary/aromatic N) is 1. The summed E-state index contributed by atoms with van der Waals surface area (Å²) < 4.78 is 0. The topological polar surface area (TPSA) is 105 Å². The fraction of sp³-hybridized carbons (Fsp3) is 0. The highest BCUT2D eigenvalue weighted by Gasteiger charge is 2.07. The van der Waals surface area contributed by atoms with Gasteiger partial charge in [0.2, 0.25) is 0 Å². The van der Waals surface area contributed by atoms with Crippen LogP contribution in [-0.4, -0.2) is 23.1 Å². The van der Waals surface area contributed by atoms with Crippen molar-refractivity contribution in [3.05, 3.63) is 42.0 Å². The van der Waals surface area contributed by atoms with E-state index in [1.165, 1.54) is 12.3 Å². The monoisotopic (exact) mass is 257 g/mol. The first-order chi connectivity index (χ1) is 9.09. The number of fused-ring (bicyclic) bond motifs is 1. The minimum Gasteiger partial charge on any atom is -0.507 e. The van der Waals surface area contributed by atoms with Crippen LogP contribution in [0, 0.1) is 0 Å². The van der Waals surface area contributed by atoms with Crippen LogP contribution in [-0.2, 0) is 9.59 Å². The molecule has 0 bridgehead atoms. The molecule has 6 nitrogen and oxygen atoms in total. The van der Waals surface area contributed by atoms with Crippen molar-refractivity contribution in [1.82, 2.24) is 5.43 Å². The first kappa shape index (κ1) is 12.6. The van der Waals surface area contributed by atoms with E-state index in [9.17, 15) is 14.7 Å². The van der Waals surface area contributed by atoms with E-state index >= 15 is 0 Å². The van der Waals surface area contributed by atoms with Gasteiger partial charge in [-0.15, -0.1) is 0 Å². The Kier molecular flexibility index (Phi) is 3.42. The van der Waals surface area contributed by atoms with E-state index < -0.39 is 11.8 Å². The molecule has 0 aliphatic rings. The maximum absolute atomic E-state index is 10.9. The van der Waals surface area contributed by atoms with Crippen LogP contribution in [0.2, 0.25) is 0 Å². The molecule has 0 unspecified atom stereocenters. The van der Waals surface area contributed by atoms with Gasteiger partial charge in [0, 0.05) is 5.56 Å². The van der Waals surface area contributed by atoms with Crippen molar-refractivity contribution in [2.24, 2.45) is 10.8 Å². The Labute approximate surface area is 108 Å². The van der Waals surface area contributed by atoms with E-state index in [0.29, 0.717) is 5.56 Å². The van der Waals surface area contributed by atoms with Crippen LogP contribution >= 0.6 is 0 Å². The standard InChI is InChI=1S/C13H11N3O3/c14-12(18)13(19)16-15-7-10-9-4-2-1-3-8(9)5-6-11(10)17/h1-7,17H,(H2,14,18)(H,16,19)/b15-7-. The molecular formula is C13H11N3O3. The summed E-state index contributed by atoms with van der Waals surface area (Å²) in [5.74, 6) is -2.12. The Morgan fingerprint density at radius 3 is 2.68 bits per heavy atom. The Morgan fingerprint density at radius 1 is 1.21 bits per heavy atom. The summed E-state index contributed by atoms with van der Waals surface area (Å²) in [6.45, 7) is 0. The molecule has 0 spiro atoms. The van der Waals surface area contributed by atoms with E-state index in [1.807, 2.05) is 29.7 Å². The molecular weight excluding hydrogens is 246 g/mol. The van der Waals surface area contributed by atoms with Gasteiger partial charge in [0.1, 0.15) is 5.75 Å². The molecule has 2 amide bonds. The third kappa shape index (κ3) is 2.68. The van der Waals surface area contributed by atoms with Crippen LogP contribution in [0.5, 0.6) is 5.75 Å². The number of hydrogen-bond donors (Lipinski definition) is 3. The lowest BCUT2D eigenvalue weighted by Gasteiger charge is -2.04. The molecule has 0 saturated heterocycles. The normalized spacial score (nSPS) is 10.7. The first-order valence-electron chi connectivity index (χ1n) is 5.43. The van der Waals surface area contributed by atoms with Gasteiger partial charge in [-0.05, 0) is 16.8 Å². The van der Waals surface area contributed by atoms with Crippen LogP contribution < -0.4 is 11.2 Å². The van der Waals surface area contributed by atoms with Gasteiger partial charge in [-0.25, -0.2) is 5.43 Å². The minimum atomic E-state index is -1.13. The Hall–Kier alpha value is -2.89. The maximum Gasteiger partial charge on any atom is 0.329 e. The molecule has 96 valence electrons. The number of primary amides is 1. The Morgan fingerprint density at radius 2 is 1.95 bits per heavy atom. The van der Waals surface area contributed by atoms with E-state index in [2.05, 4.69) is 5.10 Å². The molecule has 4 N–H and O–H groups in total. The lowest BCUT2D eigenvalue weighted by molar-refractivity contribution is -0.137. The predicted octanol–water partition coefficient (Wildman–Crippen LogP) is 0.481. The van der Waals surface area contributed by atoms with Gasteiger partial charge in [0.25, 0.3) is 0 Å². The largest absolute Gasteiger partial charge is 0.507 e.